The molecule has 0 bridgehead atoms. The molecule has 0 atom stereocenters. The zero-order chi connectivity index (χ0) is 11.4. The molecule has 4 heteroatoms. The van der Waals surface area contributed by atoms with Crippen LogP contribution in [0.25, 0.3) is 10.1 Å². The van der Waals surface area contributed by atoms with E-state index >= 15 is 0 Å². The normalized spacial score (nSPS) is 11.1. The van der Waals surface area contributed by atoms with Gasteiger partial charge in [0.25, 0.3) is 5.56 Å². The van der Waals surface area contributed by atoms with Crippen molar-refractivity contribution in [2.75, 3.05) is 11.5 Å². The van der Waals surface area contributed by atoms with E-state index in [1.165, 1.54) is 0 Å². The summed E-state index contributed by atoms with van der Waals surface area (Å²) < 4.78 is 2.91. The second-order valence-corrected chi connectivity index (χ2v) is 5.90. The van der Waals surface area contributed by atoms with Gasteiger partial charge < -0.3 is 4.57 Å². The molecule has 0 saturated carbocycles. The lowest BCUT2D eigenvalue weighted by molar-refractivity contribution is 0.664. The Hall–Kier alpha value is -0.740. The Morgan fingerprint density at radius 3 is 3.12 bits per heavy atom. The Labute approximate surface area is 103 Å². The predicted molar refractivity (Wildman–Crippen MR) is 73.7 cm³/mol. The van der Waals surface area contributed by atoms with Crippen molar-refractivity contribution < 1.29 is 0 Å². The van der Waals surface area contributed by atoms with Crippen LogP contribution in [0.15, 0.2) is 28.5 Å². The van der Waals surface area contributed by atoms with Crippen molar-refractivity contribution in [2.24, 2.45) is 0 Å². The molecule has 0 aliphatic carbocycles. The first kappa shape index (κ1) is 11.7. The van der Waals surface area contributed by atoms with Crippen molar-refractivity contribution in [2.45, 2.75) is 19.9 Å². The minimum absolute atomic E-state index is 0.153. The Kier molecular flexibility index (Phi) is 4.07. The fourth-order valence-electron chi connectivity index (χ4n) is 1.66. The molecular formula is C12H15NOS2. The monoisotopic (exact) mass is 253 g/mol. The molecule has 0 aliphatic rings. The van der Waals surface area contributed by atoms with Gasteiger partial charge in [0.15, 0.2) is 0 Å². The molecule has 0 saturated heterocycles. The van der Waals surface area contributed by atoms with Crippen molar-refractivity contribution in [3.63, 3.8) is 0 Å². The standard InChI is InChI=1S/C12H15NOS2/c1-2-15-8-3-6-13-7-4-11-10(12(13)14)5-9-16-11/h4-5,7,9H,2-3,6,8H2,1H3. The highest BCUT2D eigenvalue weighted by Gasteiger charge is 2.02. The number of aryl methyl sites for hydroxylation is 1. The summed E-state index contributed by atoms with van der Waals surface area (Å²) in [6.45, 7) is 2.99. The largest absolute Gasteiger partial charge is 0.315 e. The van der Waals surface area contributed by atoms with Crippen LogP contribution in [0.4, 0.5) is 0 Å². The van der Waals surface area contributed by atoms with Gasteiger partial charge in [-0.15, -0.1) is 11.3 Å². The number of aromatic nitrogens is 1. The van der Waals surface area contributed by atoms with Gasteiger partial charge in [0.05, 0.1) is 5.39 Å². The SMILES string of the molecule is CCSCCCn1ccc2sccc2c1=O. The average molecular weight is 253 g/mol. The van der Waals surface area contributed by atoms with Gasteiger partial charge in [-0.1, -0.05) is 6.92 Å². The summed E-state index contributed by atoms with van der Waals surface area (Å²) in [5.74, 6) is 2.28. The summed E-state index contributed by atoms with van der Waals surface area (Å²) in [5, 5.41) is 2.83. The molecule has 0 unspecified atom stereocenters. The maximum atomic E-state index is 12.0. The van der Waals surface area contributed by atoms with Crippen LogP contribution in [-0.2, 0) is 6.54 Å². The fraction of sp³-hybridized carbons (Fsp3) is 0.417. The molecule has 0 radical (unpaired) electrons. The van der Waals surface area contributed by atoms with Crippen LogP contribution in [-0.4, -0.2) is 16.1 Å². The van der Waals surface area contributed by atoms with Crippen LogP contribution in [0.5, 0.6) is 0 Å². The van der Waals surface area contributed by atoms with E-state index in [2.05, 4.69) is 6.92 Å². The third kappa shape index (κ3) is 2.50. The molecule has 0 amide bonds. The highest BCUT2D eigenvalue weighted by molar-refractivity contribution is 7.99. The number of thiophene rings is 1. The van der Waals surface area contributed by atoms with Gasteiger partial charge in [-0.2, -0.15) is 11.8 Å². The van der Waals surface area contributed by atoms with Crippen LogP contribution in [0.2, 0.25) is 0 Å². The summed E-state index contributed by atoms with van der Waals surface area (Å²) in [5.41, 5.74) is 0.153. The molecule has 0 aromatic carbocycles. The molecule has 2 nitrogen and oxygen atoms in total. The van der Waals surface area contributed by atoms with Crippen molar-refractivity contribution in [1.29, 1.82) is 0 Å². The van der Waals surface area contributed by atoms with Crippen LogP contribution < -0.4 is 5.56 Å². The van der Waals surface area contributed by atoms with Crippen molar-refractivity contribution in [3.05, 3.63) is 34.1 Å². The highest BCUT2D eigenvalue weighted by Crippen LogP contribution is 2.16. The smallest absolute Gasteiger partial charge is 0.259 e. The summed E-state index contributed by atoms with van der Waals surface area (Å²) in [6, 6.07) is 3.95. The second-order valence-electron chi connectivity index (χ2n) is 3.56. The number of hydrogen-bond donors (Lipinski definition) is 0. The van der Waals surface area contributed by atoms with Gasteiger partial charge in [0, 0.05) is 17.4 Å². The van der Waals surface area contributed by atoms with E-state index in [9.17, 15) is 4.79 Å². The first-order valence-electron chi connectivity index (χ1n) is 5.47. The quantitative estimate of drug-likeness (QED) is 0.763. The van der Waals surface area contributed by atoms with E-state index in [0.717, 1.165) is 34.6 Å². The summed E-state index contributed by atoms with van der Waals surface area (Å²) in [7, 11) is 0. The highest BCUT2D eigenvalue weighted by atomic mass is 32.2. The van der Waals surface area contributed by atoms with Crippen molar-refractivity contribution in [1.82, 2.24) is 4.57 Å². The van der Waals surface area contributed by atoms with Crippen molar-refractivity contribution >= 4 is 33.2 Å². The summed E-state index contributed by atoms with van der Waals surface area (Å²) in [6.07, 6.45) is 2.98. The second kappa shape index (κ2) is 5.55. The Bertz CT molecular complexity index is 515. The Morgan fingerprint density at radius 2 is 2.31 bits per heavy atom. The minimum atomic E-state index is 0.153. The molecule has 0 N–H and O–H groups in total. The fourth-order valence-corrected chi connectivity index (χ4v) is 3.06. The van der Waals surface area contributed by atoms with E-state index in [1.807, 2.05) is 40.0 Å². The number of nitrogens with zero attached hydrogens (tertiary/aromatic N) is 1. The molecule has 16 heavy (non-hydrogen) atoms. The summed E-state index contributed by atoms with van der Waals surface area (Å²) in [4.78, 5) is 12.0. The van der Waals surface area contributed by atoms with E-state index in [4.69, 9.17) is 0 Å². The van der Waals surface area contributed by atoms with Crippen LogP contribution in [0, 0.1) is 0 Å². The predicted octanol–water partition coefficient (Wildman–Crippen LogP) is 3.21. The van der Waals surface area contributed by atoms with Crippen molar-refractivity contribution in [3.8, 4) is 0 Å². The molecule has 2 heterocycles. The van der Waals surface area contributed by atoms with Crippen LogP contribution >= 0.6 is 23.1 Å². The van der Waals surface area contributed by atoms with E-state index in [0.29, 0.717) is 0 Å². The molecule has 0 fully saturated rings. The lowest BCUT2D eigenvalue weighted by atomic mass is 10.3. The maximum Gasteiger partial charge on any atom is 0.259 e. The van der Waals surface area contributed by atoms with Crippen LogP contribution in [0.1, 0.15) is 13.3 Å². The summed E-state index contributed by atoms with van der Waals surface area (Å²) >= 11 is 3.55. The number of fused-ring (bicyclic) bond motifs is 1. The van der Waals surface area contributed by atoms with Gasteiger partial charge in [-0.3, -0.25) is 4.79 Å². The zero-order valence-electron chi connectivity index (χ0n) is 9.31. The third-order valence-electron chi connectivity index (χ3n) is 2.48. The molecule has 86 valence electrons. The third-order valence-corrected chi connectivity index (χ3v) is 4.35. The average Bonchev–Trinajstić information content (AvgIpc) is 2.76. The van der Waals surface area contributed by atoms with Gasteiger partial charge in [-0.25, -0.2) is 0 Å². The number of pyridine rings is 1. The van der Waals surface area contributed by atoms with Gasteiger partial charge in [-0.05, 0) is 35.4 Å². The van der Waals surface area contributed by atoms with Gasteiger partial charge in [0.2, 0.25) is 0 Å². The molecule has 0 aliphatic heterocycles. The van der Waals surface area contributed by atoms with Gasteiger partial charge in [0.1, 0.15) is 0 Å². The Balaban J connectivity index is 2.12. The first-order valence-corrected chi connectivity index (χ1v) is 7.50. The molecule has 2 aromatic rings. The van der Waals surface area contributed by atoms with E-state index < -0.39 is 0 Å². The van der Waals surface area contributed by atoms with E-state index in [-0.39, 0.29) is 5.56 Å². The lowest BCUT2D eigenvalue weighted by Gasteiger charge is -2.04. The first-order chi connectivity index (χ1) is 7.83. The van der Waals surface area contributed by atoms with Crippen LogP contribution in [0.3, 0.4) is 0 Å². The zero-order valence-corrected chi connectivity index (χ0v) is 10.9. The number of hydrogen-bond acceptors (Lipinski definition) is 3. The molecule has 0 spiro atoms. The Morgan fingerprint density at radius 1 is 1.44 bits per heavy atom. The lowest BCUT2D eigenvalue weighted by Crippen LogP contribution is -2.19. The minimum Gasteiger partial charge on any atom is -0.315 e. The van der Waals surface area contributed by atoms with E-state index in [1.54, 1.807) is 11.3 Å². The maximum absolute atomic E-state index is 12.0. The number of thioether (sulfide) groups is 1. The molecule has 2 aromatic heterocycles. The topological polar surface area (TPSA) is 22.0 Å². The van der Waals surface area contributed by atoms with Gasteiger partial charge >= 0.3 is 0 Å². The molecular weight excluding hydrogens is 238 g/mol. The number of rotatable bonds is 5. The molecule has 2 rings (SSSR count).